The Balaban J connectivity index is 5.36. The van der Waals surface area contributed by atoms with Gasteiger partial charge >= 0.3 is 5.97 Å². The monoisotopic (exact) mass is 228 g/mol. The minimum Gasteiger partial charge on any atom is -0.462 e. The second-order valence-corrected chi connectivity index (χ2v) is 5.19. The number of carbonyl (C=O) groups excluding carboxylic acids is 2. The van der Waals surface area contributed by atoms with Crippen molar-refractivity contribution in [2.45, 2.75) is 54.6 Å². The van der Waals surface area contributed by atoms with E-state index < -0.39 is 5.41 Å². The molecule has 3 heteroatoms. The molecule has 0 saturated heterocycles. The lowest BCUT2D eigenvalue weighted by atomic mass is 9.66. The second kappa shape index (κ2) is 5.46. The number of esters is 1. The van der Waals surface area contributed by atoms with E-state index in [0.29, 0.717) is 0 Å². The van der Waals surface area contributed by atoms with Crippen molar-refractivity contribution in [1.29, 1.82) is 0 Å². The van der Waals surface area contributed by atoms with E-state index in [4.69, 9.17) is 4.74 Å². The maximum absolute atomic E-state index is 12.2. The molecule has 0 radical (unpaired) electrons. The molecule has 0 aromatic rings. The molecule has 0 saturated carbocycles. The molecule has 0 unspecified atom stereocenters. The van der Waals surface area contributed by atoms with Crippen LogP contribution in [0.4, 0.5) is 0 Å². The zero-order chi connectivity index (χ0) is 13.1. The molecule has 0 fully saturated rings. The summed E-state index contributed by atoms with van der Waals surface area (Å²) in [4.78, 5) is 24.0. The quantitative estimate of drug-likeness (QED) is 0.537. The summed E-state index contributed by atoms with van der Waals surface area (Å²) < 4.78 is 5.24. The first-order chi connectivity index (χ1) is 7.17. The minimum atomic E-state index is -1.01. The number of hydrogen-bond acceptors (Lipinski definition) is 3. The summed E-state index contributed by atoms with van der Waals surface area (Å²) in [6.45, 7) is 12.6. The van der Waals surface area contributed by atoms with Gasteiger partial charge in [-0.3, -0.25) is 9.59 Å². The second-order valence-electron chi connectivity index (χ2n) is 5.19. The average Bonchev–Trinajstić information content (AvgIpc) is 1.99. The molecule has 0 rings (SSSR count). The molecule has 0 atom stereocenters. The third-order valence-electron chi connectivity index (χ3n) is 3.08. The highest BCUT2D eigenvalue weighted by molar-refractivity contribution is 6.03. The van der Waals surface area contributed by atoms with E-state index in [9.17, 15) is 9.59 Å². The van der Waals surface area contributed by atoms with Gasteiger partial charge in [0.1, 0.15) is 11.2 Å². The van der Waals surface area contributed by atoms with Crippen LogP contribution in [0.25, 0.3) is 0 Å². The zero-order valence-corrected chi connectivity index (χ0v) is 11.5. The normalized spacial score (nSPS) is 12.4. The van der Waals surface area contributed by atoms with Crippen molar-refractivity contribution in [1.82, 2.24) is 0 Å². The Morgan fingerprint density at radius 3 is 1.50 bits per heavy atom. The molecule has 0 amide bonds. The van der Waals surface area contributed by atoms with Crippen LogP contribution >= 0.6 is 0 Å². The van der Waals surface area contributed by atoms with Crippen molar-refractivity contribution in [2.75, 3.05) is 0 Å². The molecule has 0 bridgehead atoms. The van der Waals surface area contributed by atoms with E-state index in [0.717, 1.165) is 0 Å². The van der Waals surface area contributed by atoms with Gasteiger partial charge in [-0.05, 0) is 32.6 Å². The lowest BCUT2D eigenvalue weighted by Crippen LogP contribution is -2.48. The van der Waals surface area contributed by atoms with Crippen molar-refractivity contribution in [3.05, 3.63) is 0 Å². The smallest absolute Gasteiger partial charge is 0.320 e. The Bertz CT molecular complexity index is 256. The van der Waals surface area contributed by atoms with E-state index in [1.54, 1.807) is 13.8 Å². The molecule has 0 aliphatic carbocycles. The van der Waals surface area contributed by atoms with Crippen LogP contribution in [-0.2, 0) is 14.3 Å². The lowest BCUT2D eigenvalue weighted by Gasteiger charge is -2.36. The van der Waals surface area contributed by atoms with E-state index in [1.165, 1.54) is 6.92 Å². The summed E-state index contributed by atoms with van der Waals surface area (Å²) in [6.07, 6.45) is -0.191. The van der Waals surface area contributed by atoms with Crippen molar-refractivity contribution in [3.63, 3.8) is 0 Å². The van der Waals surface area contributed by atoms with Crippen LogP contribution in [0.1, 0.15) is 48.5 Å². The summed E-state index contributed by atoms with van der Waals surface area (Å²) in [6, 6.07) is 0. The van der Waals surface area contributed by atoms with E-state index in [2.05, 4.69) is 0 Å². The molecular weight excluding hydrogens is 204 g/mol. The third kappa shape index (κ3) is 2.63. The van der Waals surface area contributed by atoms with Crippen LogP contribution in [0.5, 0.6) is 0 Å². The third-order valence-corrected chi connectivity index (χ3v) is 3.08. The van der Waals surface area contributed by atoms with Crippen molar-refractivity contribution < 1.29 is 14.3 Å². The first kappa shape index (κ1) is 15.1. The predicted octanol–water partition coefficient (Wildman–Crippen LogP) is 2.83. The van der Waals surface area contributed by atoms with Crippen molar-refractivity contribution in [2.24, 2.45) is 17.3 Å². The predicted molar refractivity (Wildman–Crippen MR) is 64.0 cm³/mol. The average molecular weight is 228 g/mol. The Labute approximate surface area is 98.6 Å². The first-order valence-corrected chi connectivity index (χ1v) is 5.89. The van der Waals surface area contributed by atoms with Gasteiger partial charge < -0.3 is 4.74 Å². The minimum absolute atomic E-state index is 0.0590. The fraction of sp³-hybridized carbons (Fsp3) is 0.846. The Morgan fingerprint density at radius 2 is 1.31 bits per heavy atom. The van der Waals surface area contributed by atoms with Crippen LogP contribution in [-0.4, -0.2) is 17.9 Å². The molecule has 94 valence electrons. The van der Waals surface area contributed by atoms with Gasteiger partial charge in [0.2, 0.25) is 0 Å². The molecule has 0 aromatic carbocycles. The maximum Gasteiger partial charge on any atom is 0.320 e. The highest BCUT2D eigenvalue weighted by Gasteiger charge is 2.50. The molecule has 16 heavy (non-hydrogen) atoms. The molecule has 0 N–H and O–H groups in total. The van der Waals surface area contributed by atoms with Gasteiger partial charge in [0, 0.05) is 0 Å². The van der Waals surface area contributed by atoms with Gasteiger partial charge in [-0.25, -0.2) is 0 Å². The summed E-state index contributed by atoms with van der Waals surface area (Å²) in [7, 11) is 0. The topological polar surface area (TPSA) is 43.4 Å². The number of rotatable bonds is 5. The van der Waals surface area contributed by atoms with Crippen LogP contribution in [0.2, 0.25) is 0 Å². The zero-order valence-electron chi connectivity index (χ0n) is 11.5. The molecule has 0 aliphatic rings. The SMILES string of the molecule is CC(=O)C(C(=O)OC(C)C)(C(C)C)C(C)C. The van der Waals surface area contributed by atoms with Gasteiger partial charge in [-0.15, -0.1) is 0 Å². The van der Waals surface area contributed by atoms with E-state index >= 15 is 0 Å². The fourth-order valence-electron chi connectivity index (χ4n) is 2.41. The Hall–Kier alpha value is -0.860. The maximum atomic E-state index is 12.2. The van der Waals surface area contributed by atoms with Gasteiger partial charge in [-0.2, -0.15) is 0 Å². The van der Waals surface area contributed by atoms with Crippen LogP contribution in [0, 0.1) is 17.3 Å². The van der Waals surface area contributed by atoms with Crippen molar-refractivity contribution >= 4 is 11.8 Å². The van der Waals surface area contributed by atoms with Gasteiger partial charge in [0.05, 0.1) is 6.10 Å². The Morgan fingerprint density at radius 1 is 0.938 bits per heavy atom. The fourth-order valence-corrected chi connectivity index (χ4v) is 2.41. The van der Waals surface area contributed by atoms with E-state index in [-0.39, 0.29) is 29.7 Å². The molecular formula is C13H24O3. The number of ketones is 1. The van der Waals surface area contributed by atoms with Gasteiger partial charge in [0.15, 0.2) is 0 Å². The van der Waals surface area contributed by atoms with E-state index in [1.807, 2.05) is 27.7 Å². The molecule has 3 nitrogen and oxygen atoms in total. The standard InChI is InChI=1S/C13H24O3/c1-8(2)13(9(3)4,11(7)14)12(15)16-10(5)6/h8-10H,1-7H3. The van der Waals surface area contributed by atoms with Crippen LogP contribution in [0.15, 0.2) is 0 Å². The van der Waals surface area contributed by atoms with Gasteiger partial charge in [0.25, 0.3) is 0 Å². The molecule has 0 aromatic heterocycles. The van der Waals surface area contributed by atoms with Gasteiger partial charge in [-0.1, -0.05) is 27.7 Å². The van der Waals surface area contributed by atoms with Crippen LogP contribution in [0.3, 0.4) is 0 Å². The molecule has 0 aliphatic heterocycles. The molecule has 0 spiro atoms. The summed E-state index contributed by atoms with van der Waals surface area (Å²) in [5.41, 5.74) is -1.01. The number of Topliss-reactive ketones (excluding diaryl/α,β-unsaturated/α-hetero) is 1. The highest BCUT2D eigenvalue weighted by atomic mass is 16.5. The Kier molecular flexibility index (Phi) is 5.17. The summed E-state index contributed by atoms with van der Waals surface area (Å²) >= 11 is 0. The summed E-state index contributed by atoms with van der Waals surface area (Å²) in [5.74, 6) is -0.615. The lowest BCUT2D eigenvalue weighted by molar-refractivity contribution is -0.170. The molecule has 0 heterocycles. The summed E-state index contributed by atoms with van der Waals surface area (Å²) in [5, 5.41) is 0. The number of ether oxygens (including phenoxy) is 1. The number of carbonyl (C=O) groups is 2. The largest absolute Gasteiger partial charge is 0.462 e. The first-order valence-electron chi connectivity index (χ1n) is 5.89. The van der Waals surface area contributed by atoms with Crippen molar-refractivity contribution in [3.8, 4) is 0 Å². The highest BCUT2D eigenvalue weighted by Crippen LogP contribution is 2.38. The number of hydrogen-bond donors (Lipinski definition) is 0. The van der Waals surface area contributed by atoms with Crippen LogP contribution < -0.4 is 0 Å².